The summed E-state index contributed by atoms with van der Waals surface area (Å²) in [4.78, 5) is 23.3. The summed E-state index contributed by atoms with van der Waals surface area (Å²) < 4.78 is 11.3. The van der Waals surface area contributed by atoms with Crippen LogP contribution in [0.3, 0.4) is 0 Å². The van der Waals surface area contributed by atoms with E-state index < -0.39 is 4.92 Å². The molecule has 3 aromatic rings. The van der Waals surface area contributed by atoms with E-state index in [1.54, 1.807) is 38.3 Å². The van der Waals surface area contributed by atoms with Crippen molar-refractivity contribution >= 4 is 17.3 Å². The number of aryl methyl sites for hydroxylation is 3. The first-order chi connectivity index (χ1) is 14.8. The molecule has 160 valence electrons. The fourth-order valence-electron chi connectivity index (χ4n) is 3.05. The third-order valence-corrected chi connectivity index (χ3v) is 5.10. The number of carbonyl (C=O) groups excluding carboxylic acids is 1. The van der Waals surface area contributed by atoms with Gasteiger partial charge in [0.1, 0.15) is 18.1 Å². The average molecular weight is 420 g/mol. The van der Waals surface area contributed by atoms with Crippen LogP contribution in [0.1, 0.15) is 32.6 Å². The van der Waals surface area contributed by atoms with Gasteiger partial charge in [0.2, 0.25) is 0 Å². The number of nitrogens with one attached hydrogen (secondary N) is 1. The maximum absolute atomic E-state index is 12.8. The number of ether oxygens (including phenoxy) is 2. The molecule has 31 heavy (non-hydrogen) atoms. The second kappa shape index (κ2) is 9.30. The lowest BCUT2D eigenvalue weighted by Gasteiger charge is -2.13. The Balaban J connectivity index is 1.80. The van der Waals surface area contributed by atoms with Crippen LogP contribution in [-0.4, -0.2) is 17.9 Å². The maximum atomic E-state index is 12.8. The summed E-state index contributed by atoms with van der Waals surface area (Å²) in [5.74, 6) is 0.956. The van der Waals surface area contributed by atoms with Gasteiger partial charge in [0, 0.05) is 23.3 Å². The first-order valence-corrected chi connectivity index (χ1v) is 9.72. The van der Waals surface area contributed by atoms with Crippen molar-refractivity contribution in [3.05, 3.63) is 92.5 Å². The molecule has 3 rings (SSSR count). The Hall–Kier alpha value is -3.87. The lowest BCUT2D eigenvalue weighted by Crippen LogP contribution is -2.14. The van der Waals surface area contributed by atoms with E-state index in [2.05, 4.69) is 5.32 Å². The Morgan fingerprint density at radius 2 is 1.71 bits per heavy atom. The summed E-state index contributed by atoms with van der Waals surface area (Å²) >= 11 is 0. The number of nitrogens with zero attached hydrogens (tertiary/aromatic N) is 1. The summed E-state index contributed by atoms with van der Waals surface area (Å²) in [6.45, 7) is 6.05. The SMILES string of the molecule is COc1ccc(C(=O)Nc2cc([N+](=O)[O-])ccc2C)cc1COc1ccc(C)c(C)c1. The van der Waals surface area contributed by atoms with Crippen molar-refractivity contribution in [2.45, 2.75) is 27.4 Å². The van der Waals surface area contributed by atoms with Crippen LogP contribution in [-0.2, 0) is 6.61 Å². The van der Waals surface area contributed by atoms with Crippen LogP contribution in [0.2, 0.25) is 0 Å². The highest BCUT2D eigenvalue weighted by atomic mass is 16.6. The van der Waals surface area contributed by atoms with Gasteiger partial charge in [-0.3, -0.25) is 14.9 Å². The molecule has 0 saturated carbocycles. The topological polar surface area (TPSA) is 90.7 Å². The van der Waals surface area contributed by atoms with Crippen molar-refractivity contribution in [1.29, 1.82) is 0 Å². The molecule has 0 fully saturated rings. The minimum Gasteiger partial charge on any atom is -0.496 e. The molecule has 0 unspecified atom stereocenters. The molecule has 0 aliphatic carbocycles. The van der Waals surface area contributed by atoms with Crippen LogP contribution in [0, 0.1) is 30.9 Å². The third-order valence-electron chi connectivity index (χ3n) is 5.10. The fourth-order valence-corrected chi connectivity index (χ4v) is 3.05. The Morgan fingerprint density at radius 1 is 0.968 bits per heavy atom. The summed E-state index contributed by atoms with van der Waals surface area (Å²) in [7, 11) is 1.56. The quantitative estimate of drug-likeness (QED) is 0.410. The second-order valence-corrected chi connectivity index (χ2v) is 7.27. The predicted octanol–water partition coefficient (Wildman–Crippen LogP) is 5.36. The van der Waals surface area contributed by atoms with Crippen LogP contribution in [0.15, 0.2) is 54.6 Å². The third kappa shape index (κ3) is 5.19. The molecule has 7 nitrogen and oxygen atoms in total. The normalized spacial score (nSPS) is 10.5. The molecule has 0 atom stereocenters. The second-order valence-electron chi connectivity index (χ2n) is 7.27. The number of carbonyl (C=O) groups is 1. The molecule has 0 radical (unpaired) electrons. The van der Waals surface area contributed by atoms with E-state index in [-0.39, 0.29) is 18.2 Å². The van der Waals surface area contributed by atoms with Crippen molar-refractivity contribution in [3.8, 4) is 11.5 Å². The van der Waals surface area contributed by atoms with Gasteiger partial charge in [0.25, 0.3) is 11.6 Å². The number of benzene rings is 3. The molecule has 0 saturated heterocycles. The summed E-state index contributed by atoms with van der Waals surface area (Å²) in [5, 5.41) is 13.8. The Kier molecular flexibility index (Phi) is 6.55. The molecule has 0 aliphatic heterocycles. The highest BCUT2D eigenvalue weighted by Crippen LogP contribution is 2.26. The maximum Gasteiger partial charge on any atom is 0.271 e. The van der Waals surface area contributed by atoms with Crippen molar-refractivity contribution in [1.82, 2.24) is 0 Å². The number of hydrogen-bond acceptors (Lipinski definition) is 5. The zero-order valence-electron chi connectivity index (χ0n) is 17.9. The van der Waals surface area contributed by atoms with E-state index in [1.807, 2.05) is 32.0 Å². The van der Waals surface area contributed by atoms with Gasteiger partial charge >= 0.3 is 0 Å². The lowest BCUT2D eigenvalue weighted by atomic mass is 10.1. The molecule has 0 aromatic heterocycles. The first-order valence-electron chi connectivity index (χ1n) is 9.72. The van der Waals surface area contributed by atoms with E-state index in [0.717, 1.165) is 16.9 Å². The van der Waals surface area contributed by atoms with Crippen LogP contribution >= 0.6 is 0 Å². The van der Waals surface area contributed by atoms with Crippen molar-refractivity contribution in [3.63, 3.8) is 0 Å². The largest absolute Gasteiger partial charge is 0.496 e. The van der Waals surface area contributed by atoms with Gasteiger partial charge in [0.15, 0.2) is 0 Å². The van der Waals surface area contributed by atoms with Crippen LogP contribution < -0.4 is 14.8 Å². The standard InChI is InChI=1S/C24H24N2O5/c1-15-6-9-21(11-17(15)3)31-14-19-12-18(7-10-23(19)30-4)24(27)25-22-13-20(26(28)29)8-5-16(22)2/h5-13H,14H2,1-4H3,(H,25,27). The molecule has 3 aromatic carbocycles. The zero-order valence-corrected chi connectivity index (χ0v) is 17.9. The van der Waals surface area contributed by atoms with E-state index in [1.165, 1.54) is 17.7 Å². The van der Waals surface area contributed by atoms with Crippen molar-refractivity contribution < 1.29 is 19.2 Å². The minimum absolute atomic E-state index is 0.0851. The fraction of sp³-hybridized carbons (Fsp3) is 0.208. The number of hydrogen-bond donors (Lipinski definition) is 1. The molecule has 0 aliphatic rings. The number of anilines is 1. The zero-order chi connectivity index (χ0) is 22.5. The molecule has 7 heteroatoms. The summed E-state index contributed by atoms with van der Waals surface area (Å²) in [6, 6.07) is 15.2. The molecule has 0 spiro atoms. The number of non-ortho nitro benzene ring substituents is 1. The van der Waals surface area contributed by atoms with E-state index in [9.17, 15) is 14.9 Å². The number of nitro benzene ring substituents is 1. The van der Waals surface area contributed by atoms with Crippen molar-refractivity contribution in [2.75, 3.05) is 12.4 Å². The van der Waals surface area contributed by atoms with Gasteiger partial charge in [-0.05, 0) is 67.8 Å². The molecular formula is C24H24N2O5. The van der Waals surface area contributed by atoms with Gasteiger partial charge < -0.3 is 14.8 Å². The predicted molar refractivity (Wildman–Crippen MR) is 119 cm³/mol. The number of nitro groups is 1. The van der Waals surface area contributed by atoms with E-state index in [4.69, 9.17) is 9.47 Å². The monoisotopic (exact) mass is 420 g/mol. The Labute approximate surface area is 180 Å². The first kappa shape index (κ1) is 21.8. The van der Waals surface area contributed by atoms with Crippen LogP contribution in [0.4, 0.5) is 11.4 Å². The van der Waals surface area contributed by atoms with Gasteiger partial charge in [0.05, 0.1) is 17.7 Å². The van der Waals surface area contributed by atoms with Crippen LogP contribution in [0.5, 0.6) is 11.5 Å². The molecule has 1 N–H and O–H groups in total. The molecular weight excluding hydrogens is 396 g/mol. The van der Waals surface area contributed by atoms with Crippen molar-refractivity contribution in [2.24, 2.45) is 0 Å². The van der Waals surface area contributed by atoms with E-state index in [0.29, 0.717) is 22.6 Å². The number of amides is 1. The van der Waals surface area contributed by atoms with Gasteiger partial charge in [-0.2, -0.15) is 0 Å². The lowest BCUT2D eigenvalue weighted by molar-refractivity contribution is -0.384. The Bertz CT molecular complexity index is 1140. The van der Waals surface area contributed by atoms with Gasteiger partial charge in [-0.1, -0.05) is 12.1 Å². The smallest absolute Gasteiger partial charge is 0.271 e. The summed E-state index contributed by atoms with van der Waals surface area (Å²) in [5.41, 5.74) is 4.45. The molecule has 0 heterocycles. The number of rotatable bonds is 7. The van der Waals surface area contributed by atoms with Gasteiger partial charge in [-0.25, -0.2) is 0 Å². The van der Waals surface area contributed by atoms with E-state index >= 15 is 0 Å². The average Bonchev–Trinajstić information content (AvgIpc) is 2.75. The molecule has 0 bridgehead atoms. The highest BCUT2D eigenvalue weighted by Gasteiger charge is 2.15. The minimum atomic E-state index is -0.495. The van der Waals surface area contributed by atoms with Gasteiger partial charge in [-0.15, -0.1) is 0 Å². The van der Waals surface area contributed by atoms with Crippen LogP contribution in [0.25, 0.3) is 0 Å². The Morgan fingerprint density at radius 3 is 2.39 bits per heavy atom. The number of methoxy groups -OCH3 is 1. The summed E-state index contributed by atoms with van der Waals surface area (Å²) in [6.07, 6.45) is 0. The highest BCUT2D eigenvalue weighted by molar-refractivity contribution is 6.05. The molecule has 1 amide bonds.